The zero-order chi connectivity index (χ0) is 19.7. The number of fused-ring (bicyclic) bond motifs is 1. The number of anilines is 1. The second-order valence-electron chi connectivity index (χ2n) is 6.52. The molecule has 2 aromatic heterocycles. The molecule has 28 heavy (non-hydrogen) atoms. The van der Waals surface area contributed by atoms with Crippen LogP contribution in [-0.4, -0.2) is 26.1 Å². The molecule has 1 aliphatic rings. The second kappa shape index (κ2) is 7.27. The molecule has 144 valence electrons. The summed E-state index contributed by atoms with van der Waals surface area (Å²) in [6.45, 7) is 1.37. The molecule has 0 unspecified atom stereocenters. The Balaban J connectivity index is 1.63. The highest BCUT2D eigenvalue weighted by Crippen LogP contribution is 2.33. The number of halogens is 3. The summed E-state index contributed by atoms with van der Waals surface area (Å²) in [5, 5.41) is 3.35. The van der Waals surface area contributed by atoms with E-state index < -0.39 is 11.7 Å². The molecule has 1 atom stereocenters. The minimum atomic E-state index is -4.40. The van der Waals surface area contributed by atoms with Crippen molar-refractivity contribution in [3.63, 3.8) is 0 Å². The zero-order valence-electron chi connectivity index (χ0n) is 14.7. The normalized spacial score (nSPS) is 16.5. The molecule has 0 amide bonds. The average Bonchev–Trinajstić information content (AvgIpc) is 3.16. The third-order valence-electron chi connectivity index (χ3n) is 4.74. The predicted molar refractivity (Wildman–Crippen MR) is 105 cm³/mol. The summed E-state index contributed by atoms with van der Waals surface area (Å²) in [5.41, 5.74) is 1.63. The Bertz CT molecular complexity index is 984. The van der Waals surface area contributed by atoms with Gasteiger partial charge in [-0.05, 0) is 54.2 Å². The number of thiocarbonyl (C=S) groups is 1. The van der Waals surface area contributed by atoms with Crippen LogP contribution in [0.15, 0.2) is 67.1 Å². The van der Waals surface area contributed by atoms with Crippen molar-refractivity contribution in [3.05, 3.63) is 83.9 Å². The largest absolute Gasteiger partial charge is 0.416 e. The third-order valence-corrected chi connectivity index (χ3v) is 5.08. The molecule has 0 radical (unpaired) electrons. The fraction of sp³-hybridized carbons (Fsp3) is 0.200. The molecule has 1 N–H and O–H groups in total. The monoisotopic (exact) mass is 402 g/mol. The summed E-state index contributed by atoms with van der Waals surface area (Å²) in [7, 11) is 0. The molecule has 0 bridgehead atoms. The van der Waals surface area contributed by atoms with Crippen LogP contribution in [0.1, 0.15) is 22.9 Å². The van der Waals surface area contributed by atoms with Gasteiger partial charge in [0.05, 0.1) is 11.6 Å². The number of benzene rings is 1. The van der Waals surface area contributed by atoms with E-state index in [1.165, 1.54) is 6.07 Å². The van der Waals surface area contributed by atoms with E-state index in [1.54, 1.807) is 18.5 Å². The Labute approximate surface area is 165 Å². The first kappa shape index (κ1) is 18.5. The van der Waals surface area contributed by atoms with Crippen molar-refractivity contribution in [3.8, 4) is 0 Å². The minimum Gasteiger partial charge on any atom is -0.348 e. The van der Waals surface area contributed by atoms with Crippen LogP contribution in [-0.2, 0) is 12.7 Å². The van der Waals surface area contributed by atoms with E-state index >= 15 is 0 Å². The Morgan fingerprint density at radius 2 is 1.96 bits per heavy atom. The van der Waals surface area contributed by atoms with Crippen LogP contribution in [0.4, 0.5) is 18.9 Å². The predicted octanol–water partition coefficient (Wildman–Crippen LogP) is 4.70. The highest BCUT2D eigenvalue weighted by atomic mass is 32.1. The second-order valence-corrected chi connectivity index (χ2v) is 6.90. The Morgan fingerprint density at radius 3 is 2.71 bits per heavy atom. The van der Waals surface area contributed by atoms with Crippen LogP contribution < -0.4 is 5.32 Å². The van der Waals surface area contributed by atoms with E-state index in [1.807, 2.05) is 35.4 Å². The van der Waals surface area contributed by atoms with Gasteiger partial charge in [0.2, 0.25) is 0 Å². The van der Waals surface area contributed by atoms with E-state index in [0.717, 1.165) is 29.9 Å². The van der Waals surface area contributed by atoms with Gasteiger partial charge in [-0.2, -0.15) is 13.2 Å². The van der Waals surface area contributed by atoms with E-state index in [2.05, 4.69) is 14.9 Å². The number of rotatable bonds is 2. The summed E-state index contributed by atoms with van der Waals surface area (Å²) in [4.78, 5) is 6.20. The smallest absolute Gasteiger partial charge is 0.348 e. The lowest BCUT2D eigenvalue weighted by atomic mass is 10.0. The molecule has 0 aliphatic carbocycles. The van der Waals surface area contributed by atoms with Gasteiger partial charge in [-0.15, -0.1) is 0 Å². The molecule has 0 fully saturated rings. The minimum absolute atomic E-state index is 0.164. The summed E-state index contributed by atoms with van der Waals surface area (Å²) in [6, 6.07) is 12.7. The van der Waals surface area contributed by atoms with Gasteiger partial charge in [0.15, 0.2) is 5.11 Å². The molecule has 8 heteroatoms. The number of alkyl halides is 3. The Morgan fingerprint density at radius 1 is 1.11 bits per heavy atom. The van der Waals surface area contributed by atoms with Crippen LogP contribution >= 0.6 is 12.2 Å². The molecule has 4 nitrogen and oxygen atoms in total. The van der Waals surface area contributed by atoms with Gasteiger partial charge >= 0.3 is 6.18 Å². The maximum absolute atomic E-state index is 13.0. The molecular formula is C20H17F3N4S. The fourth-order valence-electron chi connectivity index (χ4n) is 3.46. The molecule has 0 spiro atoms. The van der Waals surface area contributed by atoms with Gasteiger partial charge in [-0.3, -0.25) is 4.98 Å². The molecule has 0 saturated carbocycles. The SMILES string of the molecule is FC(F)(F)c1cccc(NC(=S)N2CCn3cccc3[C@@H]2c2cccnc2)c1. The summed E-state index contributed by atoms with van der Waals surface area (Å²) in [6.07, 6.45) is 1.10. The first-order valence-electron chi connectivity index (χ1n) is 8.73. The summed E-state index contributed by atoms with van der Waals surface area (Å²) < 4.78 is 41.1. The topological polar surface area (TPSA) is 33.1 Å². The third kappa shape index (κ3) is 3.60. The standard InChI is InChI=1S/C20H17F3N4S/c21-20(22,23)15-5-1-6-16(12-15)25-19(28)27-11-10-26-9-3-7-17(26)18(27)14-4-2-8-24-13-14/h1-9,12-13,18H,10-11H2,(H,25,28)/t18-/m0/s1. The summed E-state index contributed by atoms with van der Waals surface area (Å²) in [5.74, 6) is 0. The fourth-order valence-corrected chi connectivity index (χ4v) is 3.77. The highest BCUT2D eigenvalue weighted by Gasteiger charge is 2.32. The van der Waals surface area contributed by atoms with Crippen molar-refractivity contribution in [2.45, 2.75) is 18.8 Å². The Hall–Kier alpha value is -2.87. The number of hydrogen-bond donors (Lipinski definition) is 1. The summed E-state index contributed by atoms with van der Waals surface area (Å²) >= 11 is 5.58. The molecule has 4 rings (SSSR count). The van der Waals surface area contributed by atoms with Gasteiger partial charge in [-0.25, -0.2) is 0 Å². The number of pyridine rings is 1. The van der Waals surface area contributed by atoms with E-state index in [0.29, 0.717) is 17.3 Å². The van der Waals surface area contributed by atoms with E-state index in [9.17, 15) is 13.2 Å². The highest BCUT2D eigenvalue weighted by molar-refractivity contribution is 7.80. The van der Waals surface area contributed by atoms with Crippen LogP contribution in [0.3, 0.4) is 0 Å². The van der Waals surface area contributed by atoms with E-state index in [-0.39, 0.29) is 6.04 Å². The Kier molecular flexibility index (Phi) is 4.80. The molecule has 3 heterocycles. The maximum Gasteiger partial charge on any atom is 0.416 e. The van der Waals surface area contributed by atoms with Crippen molar-refractivity contribution in [1.82, 2.24) is 14.5 Å². The lowest BCUT2D eigenvalue weighted by Gasteiger charge is -2.39. The van der Waals surface area contributed by atoms with Gasteiger partial charge in [0, 0.05) is 43.1 Å². The van der Waals surface area contributed by atoms with Crippen LogP contribution in [0.2, 0.25) is 0 Å². The number of aromatic nitrogens is 2. The van der Waals surface area contributed by atoms with Gasteiger partial charge < -0.3 is 14.8 Å². The lowest BCUT2D eigenvalue weighted by Crippen LogP contribution is -2.44. The molecule has 1 aliphatic heterocycles. The van der Waals surface area contributed by atoms with Gasteiger partial charge in [-0.1, -0.05) is 12.1 Å². The first-order valence-corrected chi connectivity index (χ1v) is 9.14. The first-order chi connectivity index (χ1) is 13.4. The van der Waals surface area contributed by atoms with Crippen molar-refractivity contribution in [2.75, 3.05) is 11.9 Å². The van der Waals surface area contributed by atoms with Crippen LogP contribution in [0.5, 0.6) is 0 Å². The van der Waals surface area contributed by atoms with Crippen molar-refractivity contribution >= 4 is 23.0 Å². The number of nitrogens with zero attached hydrogens (tertiary/aromatic N) is 3. The number of hydrogen-bond acceptors (Lipinski definition) is 2. The average molecular weight is 402 g/mol. The van der Waals surface area contributed by atoms with Crippen molar-refractivity contribution in [1.29, 1.82) is 0 Å². The molecular weight excluding hydrogens is 385 g/mol. The number of nitrogens with one attached hydrogen (secondary N) is 1. The lowest BCUT2D eigenvalue weighted by molar-refractivity contribution is -0.137. The zero-order valence-corrected chi connectivity index (χ0v) is 15.5. The van der Waals surface area contributed by atoms with Gasteiger partial charge in [0.25, 0.3) is 0 Å². The van der Waals surface area contributed by atoms with Crippen LogP contribution in [0, 0.1) is 0 Å². The van der Waals surface area contributed by atoms with Crippen molar-refractivity contribution < 1.29 is 13.2 Å². The molecule has 3 aromatic rings. The quantitative estimate of drug-likeness (QED) is 0.630. The maximum atomic E-state index is 13.0. The van der Waals surface area contributed by atoms with Crippen molar-refractivity contribution in [2.24, 2.45) is 0 Å². The van der Waals surface area contributed by atoms with E-state index in [4.69, 9.17) is 12.2 Å². The molecule has 0 saturated heterocycles. The van der Waals surface area contributed by atoms with Crippen LogP contribution in [0.25, 0.3) is 0 Å². The molecule has 1 aromatic carbocycles. The van der Waals surface area contributed by atoms with Gasteiger partial charge in [0.1, 0.15) is 0 Å².